The fourth-order valence-electron chi connectivity index (χ4n) is 3.86. The molecule has 0 atom stereocenters. The van der Waals surface area contributed by atoms with Gasteiger partial charge in [0, 0.05) is 5.56 Å². The summed E-state index contributed by atoms with van der Waals surface area (Å²) in [6.07, 6.45) is 0. The Balaban J connectivity index is 1.93. The first-order valence-electron chi connectivity index (χ1n) is 8.30. The molecule has 0 fully saturated rings. The minimum atomic E-state index is 0.302. The summed E-state index contributed by atoms with van der Waals surface area (Å²) >= 11 is 0. The van der Waals surface area contributed by atoms with Gasteiger partial charge in [-0.3, -0.25) is 0 Å². The molecule has 2 nitrogen and oxygen atoms in total. The van der Waals surface area contributed by atoms with Crippen LogP contribution < -0.4 is 4.74 Å². The molecule has 0 amide bonds. The first kappa shape index (κ1) is 14.1. The molecule has 120 valence electrons. The number of phenolic OH excluding ortho intramolecular Hbond substituents is 1. The van der Waals surface area contributed by atoms with Crippen molar-refractivity contribution in [2.75, 3.05) is 7.11 Å². The molecule has 0 radical (unpaired) electrons. The van der Waals surface area contributed by atoms with E-state index in [1.807, 2.05) is 30.3 Å². The average molecular weight is 324 g/mol. The van der Waals surface area contributed by atoms with Crippen molar-refractivity contribution >= 4 is 32.3 Å². The molecule has 5 rings (SSSR count). The number of ether oxygens (including phenoxy) is 1. The molecule has 0 aromatic heterocycles. The second kappa shape index (κ2) is 5.12. The number of hydrogen-bond donors (Lipinski definition) is 1. The van der Waals surface area contributed by atoms with Crippen LogP contribution in [0.1, 0.15) is 0 Å². The van der Waals surface area contributed by atoms with Crippen LogP contribution >= 0.6 is 0 Å². The summed E-state index contributed by atoms with van der Waals surface area (Å²) in [4.78, 5) is 0. The smallest absolute Gasteiger partial charge is 0.124 e. The second-order valence-electron chi connectivity index (χ2n) is 6.36. The topological polar surface area (TPSA) is 29.5 Å². The Labute approximate surface area is 145 Å². The summed E-state index contributed by atoms with van der Waals surface area (Å²) in [5.74, 6) is 1.11. The molecule has 0 aliphatic rings. The van der Waals surface area contributed by atoms with Crippen molar-refractivity contribution in [2.45, 2.75) is 0 Å². The fraction of sp³-hybridized carbons (Fsp3) is 0.0435. The van der Waals surface area contributed by atoms with Crippen molar-refractivity contribution in [2.24, 2.45) is 0 Å². The van der Waals surface area contributed by atoms with Gasteiger partial charge in [-0.2, -0.15) is 0 Å². The van der Waals surface area contributed by atoms with Crippen molar-refractivity contribution < 1.29 is 9.84 Å². The molecule has 5 aromatic carbocycles. The maximum absolute atomic E-state index is 10.7. The highest BCUT2D eigenvalue weighted by atomic mass is 16.5. The normalized spacial score (nSPS) is 11.6. The Morgan fingerprint density at radius 2 is 1.40 bits per heavy atom. The van der Waals surface area contributed by atoms with Gasteiger partial charge in [0.25, 0.3) is 0 Å². The summed E-state index contributed by atoms with van der Waals surface area (Å²) in [6.45, 7) is 0. The molecule has 0 saturated heterocycles. The molecular formula is C23H16O2. The lowest BCUT2D eigenvalue weighted by atomic mass is 9.89. The van der Waals surface area contributed by atoms with Crippen molar-refractivity contribution in [3.63, 3.8) is 0 Å². The van der Waals surface area contributed by atoms with Crippen LogP contribution in [0.4, 0.5) is 0 Å². The minimum Gasteiger partial charge on any atom is -0.507 e. The summed E-state index contributed by atoms with van der Waals surface area (Å²) in [5.41, 5.74) is 1.85. The van der Waals surface area contributed by atoms with Crippen LogP contribution in [0.15, 0.2) is 72.8 Å². The van der Waals surface area contributed by atoms with Gasteiger partial charge in [-0.15, -0.1) is 0 Å². The molecule has 0 unspecified atom stereocenters. The number of benzene rings is 5. The van der Waals surface area contributed by atoms with Crippen LogP contribution in [0.25, 0.3) is 43.4 Å². The zero-order chi connectivity index (χ0) is 17.0. The van der Waals surface area contributed by atoms with Crippen molar-refractivity contribution in [1.82, 2.24) is 0 Å². The van der Waals surface area contributed by atoms with Crippen LogP contribution in [0.5, 0.6) is 11.5 Å². The Morgan fingerprint density at radius 1 is 0.720 bits per heavy atom. The molecule has 0 saturated carbocycles. The molecule has 1 N–H and O–H groups in total. The highest BCUT2D eigenvalue weighted by molar-refractivity contribution is 6.26. The Hall–Kier alpha value is -3.26. The quantitative estimate of drug-likeness (QED) is 0.406. The van der Waals surface area contributed by atoms with E-state index in [0.717, 1.165) is 27.6 Å². The summed E-state index contributed by atoms with van der Waals surface area (Å²) < 4.78 is 5.25. The number of methoxy groups -OCH3 is 1. The van der Waals surface area contributed by atoms with Gasteiger partial charge in [0.1, 0.15) is 11.5 Å². The van der Waals surface area contributed by atoms with Gasteiger partial charge in [0.05, 0.1) is 7.11 Å². The highest BCUT2D eigenvalue weighted by Gasteiger charge is 2.15. The lowest BCUT2D eigenvalue weighted by molar-refractivity contribution is 0.415. The predicted octanol–water partition coefficient (Wildman–Crippen LogP) is 5.97. The lowest BCUT2D eigenvalue weighted by Gasteiger charge is -2.15. The average Bonchev–Trinajstić information content (AvgIpc) is 2.66. The van der Waals surface area contributed by atoms with Crippen LogP contribution in [-0.2, 0) is 0 Å². The maximum Gasteiger partial charge on any atom is 0.124 e. The van der Waals surface area contributed by atoms with E-state index in [9.17, 15) is 5.11 Å². The Kier molecular flexibility index (Phi) is 2.89. The van der Waals surface area contributed by atoms with E-state index in [4.69, 9.17) is 4.74 Å². The second-order valence-corrected chi connectivity index (χ2v) is 6.36. The van der Waals surface area contributed by atoms with E-state index in [-0.39, 0.29) is 0 Å². The maximum atomic E-state index is 10.7. The lowest BCUT2D eigenvalue weighted by Crippen LogP contribution is -1.89. The molecule has 0 bridgehead atoms. The number of hydrogen-bond acceptors (Lipinski definition) is 2. The van der Waals surface area contributed by atoms with Crippen LogP contribution in [-0.4, -0.2) is 12.2 Å². The van der Waals surface area contributed by atoms with Gasteiger partial charge in [-0.05, 0) is 56.1 Å². The van der Waals surface area contributed by atoms with E-state index >= 15 is 0 Å². The minimum absolute atomic E-state index is 0.302. The molecule has 25 heavy (non-hydrogen) atoms. The van der Waals surface area contributed by atoms with Crippen LogP contribution in [0.3, 0.4) is 0 Å². The van der Waals surface area contributed by atoms with Crippen LogP contribution in [0, 0.1) is 0 Å². The molecule has 5 aromatic rings. The van der Waals surface area contributed by atoms with Gasteiger partial charge >= 0.3 is 0 Å². The standard InChI is InChI=1S/C23H16O2/c1-25-18-10-7-16(8-11-18)22-19-12-9-15-4-2-3-14-5-6-17(13-20(22)24)23(19)21(14)15/h2-13,24H,1H3. The molecule has 0 aliphatic heterocycles. The highest BCUT2D eigenvalue weighted by Crippen LogP contribution is 2.43. The van der Waals surface area contributed by atoms with E-state index in [0.29, 0.717) is 5.75 Å². The van der Waals surface area contributed by atoms with Gasteiger partial charge in [-0.25, -0.2) is 0 Å². The van der Waals surface area contributed by atoms with Crippen molar-refractivity contribution in [3.8, 4) is 22.6 Å². The zero-order valence-corrected chi connectivity index (χ0v) is 13.8. The summed E-state index contributed by atoms with van der Waals surface area (Å²) in [6, 6.07) is 24.5. The largest absolute Gasteiger partial charge is 0.507 e. The Bertz CT molecular complexity index is 1200. The third kappa shape index (κ3) is 1.97. The third-order valence-electron chi connectivity index (χ3n) is 5.01. The number of rotatable bonds is 2. The third-order valence-corrected chi connectivity index (χ3v) is 5.01. The van der Waals surface area contributed by atoms with E-state index in [1.54, 1.807) is 7.11 Å². The van der Waals surface area contributed by atoms with Gasteiger partial charge in [-0.1, -0.05) is 54.6 Å². The van der Waals surface area contributed by atoms with Gasteiger partial charge in [0.15, 0.2) is 0 Å². The zero-order valence-electron chi connectivity index (χ0n) is 13.8. The Morgan fingerprint density at radius 3 is 2.12 bits per heavy atom. The molecular weight excluding hydrogens is 308 g/mol. The number of aromatic hydroxyl groups is 1. The monoisotopic (exact) mass is 324 g/mol. The molecule has 0 aliphatic carbocycles. The summed E-state index contributed by atoms with van der Waals surface area (Å²) in [7, 11) is 1.66. The number of phenols is 1. The SMILES string of the molecule is COc1ccc(-c2c(O)cc3ccc4cccc5ccc2c3c45)cc1. The van der Waals surface area contributed by atoms with E-state index in [1.165, 1.54) is 21.5 Å². The summed E-state index contributed by atoms with van der Waals surface area (Å²) in [5, 5.41) is 17.8. The molecule has 0 heterocycles. The first-order chi connectivity index (χ1) is 12.3. The fourth-order valence-corrected chi connectivity index (χ4v) is 3.86. The van der Waals surface area contributed by atoms with Crippen LogP contribution in [0.2, 0.25) is 0 Å². The predicted molar refractivity (Wildman–Crippen MR) is 104 cm³/mol. The van der Waals surface area contributed by atoms with E-state index < -0.39 is 0 Å². The van der Waals surface area contributed by atoms with Gasteiger partial charge in [0.2, 0.25) is 0 Å². The molecule has 2 heteroatoms. The first-order valence-corrected chi connectivity index (χ1v) is 8.30. The van der Waals surface area contributed by atoms with Crippen molar-refractivity contribution in [3.05, 3.63) is 72.8 Å². The molecule has 0 spiro atoms. The van der Waals surface area contributed by atoms with Gasteiger partial charge < -0.3 is 9.84 Å². The van der Waals surface area contributed by atoms with Crippen molar-refractivity contribution in [1.29, 1.82) is 0 Å². The van der Waals surface area contributed by atoms with E-state index in [2.05, 4.69) is 42.5 Å².